The predicted octanol–water partition coefficient (Wildman–Crippen LogP) is 6.47. The first-order valence-corrected chi connectivity index (χ1v) is 12.6. The second-order valence-electron chi connectivity index (χ2n) is 9.73. The fourth-order valence-electron chi connectivity index (χ4n) is 5.26. The van der Waals surface area contributed by atoms with Gasteiger partial charge in [0.1, 0.15) is 6.61 Å². The Hall–Kier alpha value is -3.07. The molecule has 5 rings (SSSR count). The van der Waals surface area contributed by atoms with Crippen LogP contribution in [0.3, 0.4) is 0 Å². The van der Waals surface area contributed by atoms with Crippen LogP contribution in [0.25, 0.3) is 0 Å². The van der Waals surface area contributed by atoms with Gasteiger partial charge < -0.3 is 4.74 Å². The highest BCUT2D eigenvalue weighted by atomic mass is 16.5. The Morgan fingerprint density at radius 1 is 1.12 bits per heavy atom. The van der Waals surface area contributed by atoms with E-state index in [1.807, 2.05) is 0 Å². The van der Waals surface area contributed by atoms with Gasteiger partial charge in [-0.2, -0.15) is 0 Å². The molecule has 2 N–H and O–H groups in total. The molecule has 0 unspecified atom stereocenters. The second kappa shape index (κ2) is 10.5. The van der Waals surface area contributed by atoms with Gasteiger partial charge in [-0.1, -0.05) is 42.0 Å². The van der Waals surface area contributed by atoms with Gasteiger partial charge >= 0.3 is 0 Å². The number of amides is 1. The third-order valence-corrected chi connectivity index (χ3v) is 7.31. The first-order valence-electron chi connectivity index (χ1n) is 12.6. The number of hydroxylamine groups is 1. The fourth-order valence-corrected chi connectivity index (χ4v) is 5.26. The summed E-state index contributed by atoms with van der Waals surface area (Å²) in [4.78, 5) is 11.5. The maximum Gasteiger partial charge on any atom is 0.246 e. The SMILES string of the molecule is O=C(NO)[C@H]1C[C@H]1CC1=CC=C(OC/C2=C/C(C3=CCCC=C3)=C=CCC3=CCCC=C32)CC1. The second-order valence-corrected chi connectivity index (χ2v) is 9.73. The van der Waals surface area contributed by atoms with Crippen LogP contribution in [0.4, 0.5) is 0 Å². The molecule has 1 amide bonds. The lowest BCUT2D eigenvalue weighted by Crippen LogP contribution is -2.21. The van der Waals surface area contributed by atoms with Crippen LogP contribution in [0.2, 0.25) is 0 Å². The molecule has 0 radical (unpaired) electrons. The lowest BCUT2D eigenvalue weighted by molar-refractivity contribution is -0.130. The number of allylic oxidation sites excluding steroid dienone is 13. The van der Waals surface area contributed by atoms with Gasteiger partial charge in [-0.25, -0.2) is 5.48 Å². The quantitative estimate of drug-likeness (QED) is 0.263. The molecule has 4 nitrogen and oxygen atoms in total. The Morgan fingerprint density at radius 3 is 2.79 bits per heavy atom. The van der Waals surface area contributed by atoms with Crippen LogP contribution >= 0.6 is 0 Å². The molecule has 4 heteroatoms. The molecule has 0 spiro atoms. The number of nitrogens with one attached hydrogen (secondary N) is 1. The van der Waals surface area contributed by atoms with E-state index < -0.39 is 0 Å². The summed E-state index contributed by atoms with van der Waals surface area (Å²) < 4.78 is 6.34. The summed E-state index contributed by atoms with van der Waals surface area (Å²) in [5, 5.41) is 8.80. The van der Waals surface area contributed by atoms with Gasteiger partial charge in [-0.3, -0.25) is 10.0 Å². The van der Waals surface area contributed by atoms with Gasteiger partial charge in [-0.05, 0) is 97.8 Å². The third kappa shape index (κ3) is 5.35. The third-order valence-electron chi connectivity index (χ3n) is 7.31. The maximum absolute atomic E-state index is 11.5. The van der Waals surface area contributed by atoms with Crippen molar-refractivity contribution in [2.24, 2.45) is 11.8 Å². The molecule has 1 saturated carbocycles. The minimum Gasteiger partial charge on any atom is -0.493 e. The monoisotopic (exact) mass is 455 g/mol. The first kappa shape index (κ1) is 22.7. The van der Waals surface area contributed by atoms with Crippen molar-refractivity contribution in [1.29, 1.82) is 0 Å². The van der Waals surface area contributed by atoms with Crippen molar-refractivity contribution in [3.63, 3.8) is 0 Å². The Labute approximate surface area is 202 Å². The van der Waals surface area contributed by atoms with Crippen LogP contribution in [0.5, 0.6) is 0 Å². The molecular formula is C30H33NO3. The van der Waals surface area contributed by atoms with Crippen LogP contribution in [0.1, 0.15) is 57.8 Å². The standard InChI is InChI=1S/C30H33NO3/c32-30(31-33)29-19-25(29)17-21-13-15-27(16-14-21)34-20-26-18-24(22-7-2-1-3-8-22)11-6-10-23-9-4-5-12-28(23)26/h2,6-9,12-13,15,18,25,29,33H,1,3-5,10,14,16-17,19-20H2,(H,31,32)/b26-18-/t11?,25-,29+/m1/s1. The molecular weight excluding hydrogens is 422 g/mol. The van der Waals surface area contributed by atoms with E-state index in [0.29, 0.717) is 12.5 Å². The number of fused-ring (bicyclic) bond motifs is 1. The fraction of sp³-hybridized carbons (Fsp3) is 0.400. The number of hydrogen-bond donors (Lipinski definition) is 2. The summed E-state index contributed by atoms with van der Waals surface area (Å²) in [6, 6.07) is 0. The molecule has 0 aromatic heterocycles. The van der Waals surface area contributed by atoms with Crippen molar-refractivity contribution in [2.75, 3.05) is 6.61 Å². The highest BCUT2D eigenvalue weighted by Crippen LogP contribution is 2.44. The van der Waals surface area contributed by atoms with E-state index in [1.165, 1.54) is 27.9 Å². The van der Waals surface area contributed by atoms with Crippen molar-refractivity contribution >= 4 is 5.91 Å². The summed E-state index contributed by atoms with van der Waals surface area (Å²) in [6.45, 7) is 0.557. The smallest absolute Gasteiger partial charge is 0.246 e. The first-order chi connectivity index (χ1) is 16.7. The molecule has 176 valence electrons. The number of carbonyl (C=O) groups excluding carboxylic acids is 1. The number of ether oxygens (including phenoxy) is 1. The molecule has 2 atom stereocenters. The zero-order valence-electron chi connectivity index (χ0n) is 19.7. The maximum atomic E-state index is 11.5. The van der Waals surface area contributed by atoms with E-state index in [1.54, 1.807) is 5.48 Å². The average molecular weight is 456 g/mol. The van der Waals surface area contributed by atoms with E-state index in [4.69, 9.17) is 9.94 Å². The molecule has 0 heterocycles. The molecule has 34 heavy (non-hydrogen) atoms. The summed E-state index contributed by atoms with van der Waals surface area (Å²) in [6.07, 6.45) is 29.1. The zero-order chi connectivity index (χ0) is 23.3. The number of rotatable bonds is 7. The minimum atomic E-state index is -0.248. The van der Waals surface area contributed by atoms with Gasteiger partial charge in [0.05, 0.1) is 5.76 Å². The Kier molecular flexibility index (Phi) is 6.99. The minimum absolute atomic E-state index is 0.0322. The molecule has 0 bridgehead atoms. The summed E-state index contributed by atoms with van der Waals surface area (Å²) in [5.41, 5.74) is 13.0. The van der Waals surface area contributed by atoms with E-state index in [9.17, 15) is 4.79 Å². The Morgan fingerprint density at radius 2 is 2.00 bits per heavy atom. The summed E-state index contributed by atoms with van der Waals surface area (Å²) >= 11 is 0. The van der Waals surface area contributed by atoms with Gasteiger partial charge in [-0.15, -0.1) is 5.73 Å². The normalized spacial score (nSPS) is 27.3. The van der Waals surface area contributed by atoms with Crippen LogP contribution in [0.15, 0.2) is 99.6 Å². The van der Waals surface area contributed by atoms with Crippen LogP contribution < -0.4 is 5.48 Å². The largest absolute Gasteiger partial charge is 0.493 e. The topological polar surface area (TPSA) is 58.6 Å². The molecule has 0 saturated heterocycles. The molecule has 0 aromatic carbocycles. The van der Waals surface area contributed by atoms with Crippen LogP contribution in [0, 0.1) is 11.8 Å². The average Bonchev–Trinajstić information content (AvgIpc) is 3.64. The molecule has 0 aromatic rings. The van der Waals surface area contributed by atoms with Crippen molar-refractivity contribution < 1.29 is 14.7 Å². The number of carbonyl (C=O) groups is 1. The van der Waals surface area contributed by atoms with E-state index >= 15 is 0 Å². The predicted molar refractivity (Wildman–Crippen MR) is 134 cm³/mol. The lowest BCUT2D eigenvalue weighted by Gasteiger charge is -2.22. The van der Waals surface area contributed by atoms with Gasteiger partial charge in [0.25, 0.3) is 0 Å². The molecule has 5 aliphatic carbocycles. The number of hydrogen-bond acceptors (Lipinski definition) is 3. The van der Waals surface area contributed by atoms with E-state index in [0.717, 1.165) is 69.1 Å². The van der Waals surface area contributed by atoms with Crippen LogP contribution in [-0.4, -0.2) is 17.7 Å². The highest BCUT2D eigenvalue weighted by molar-refractivity contribution is 5.80. The van der Waals surface area contributed by atoms with Gasteiger partial charge in [0.2, 0.25) is 5.91 Å². The van der Waals surface area contributed by atoms with Gasteiger partial charge in [0, 0.05) is 17.9 Å². The summed E-state index contributed by atoms with van der Waals surface area (Å²) in [7, 11) is 0. The van der Waals surface area contributed by atoms with Gasteiger partial charge in [0.15, 0.2) is 0 Å². The summed E-state index contributed by atoms with van der Waals surface area (Å²) in [5.74, 6) is 1.10. The van der Waals surface area contributed by atoms with Crippen molar-refractivity contribution in [2.45, 2.75) is 57.8 Å². The van der Waals surface area contributed by atoms with E-state index in [-0.39, 0.29) is 11.8 Å². The van der Waals surface area contributed by atoms with Crippen molar-refractivity contribution in [3.05, 3.63) is 99.6 Å². The van der Waals surface area contributed by atoms with E-state index in [2.05, 4.69) is 60.4 Å². The highest BCUT2D eigenvalue weighted by Gasteiger charge is 2.42. The Balaban J connectivity index is 1.28. The lowest BCUT2D eigenvalue weighted by atomic mass is 9.86. The van der Waals surface area contributed by atoms with Crippen LogP contribution in [-0.2, 0) is 9.53 Å². The Bertz CT molecular complexity index is 1130. The zero-order valence-corrected chi connectivity index (χ0v) is 19.7. The molecule has 0 aliphatic heterocycles. The van der Waals surface area contributed by atoms with Crippen molar-refractivity contribution in [1.82, 2.24) is 5.48 Å². The molecule has 1 fully saturated rings. The van der Waals surface area contributed by atoms with Crippen molar-refractivity contribution in [3.8, 4) is 0 Å². The molecule has 5 aliphatic rings.